The van der Waals surface area contributed by atoms with Gasteiger partial charge < -0.3 is 10.5 Å². The summed E-state index contributed by atoms with van der Waals surface area (Å²) in [6.45, 7) is 1.95. The molecular formula is C13H13BrN2O. The molecule has 0 fully saturated rings. The number of benzene rings is 1. The standard InChI is InChI=1S/C13H13BrN2O/c1-9(12-4-2-3-7-16-12)17-13-8-10(14)5-6-11(13)15/h2-9H,15H2,1H3. The normalized spacial score (nSPS) is 12.1. The van der Waals surface area contributed by atoms with E-state index in [-0.39, 0.29) is 6.10 Å². The Bertz CT molecular complexity index is 502. The minimum absolute atomic E-state index is 0.132. The lowest BCUT2D eigenvalue weighted by molar-refractivity contribution is 0.223. The average molecular weight is 293 g/mol. The molecule has 1 unspecified atom stereocenters. The molecule has 1 heterocycles. The molecule has 0 saturated carbocycles. The zero-order chi connectivity index (χ0) is 12.3. The van der Waals surface area contributed by atoms with E-state index in [1.54, 1.807) is 6.20 Å². The number of hydrogen-bond acceptors (Lipinski definition) is 3. The summed E-state index contributed by atoms with van der Waals surface area (Å²) < 4.78 is 6.73. The monoisotopic (exact) mass is 292 g/mol. The van der Waals surface area contributed by atoms with Crippen molar-refractivity contribution >= 4 is 21.6 Å². The van der Waals surface area contributed by atoms with Crippen LogP contribution in [0.15, 0.2) is 47.1 Å². The molecule has 0 bridgehead atoms. The zero-order valence-corrected chi connectivity index (χ0v) is 11.0. The fourth-order valence-corrected chi connectivity index (χ4v) is 1.82. The van der Waals surface area contributed by atoms with Crippen molar-refractivity contribution in [2.45, 2.75) is 13.0 Å². The minimum atomic E-state index is -0.132. The summed E-state index contributed by atoms with van der Waals surface area (Å²) in [5.74, 6) is 0.664. The number of halogens is 1. The van der Waals surface area contributed by atoms with Crippen LogP contribution >= 0.6 is 15.9 Å². The van der Waals surface area contributed by atoms with E-state index in [0.29, 0.717) is 11.4 Å². The van der Waals surface area contributed by atoms with E-state index in [2.05, 4.69) is 20.9 Å². The van der Waals surface area contributed by atoms with Gasteiger partial charge in [0, 0.05) is 10.7 Å². The van der Waals surface area contributed by atoms with Gasteiger partial charge in [-0.15, -0.1) is 0 Å². The molecule has 0 radical (unpaired) electrons. The van der Waals surface area contributed by atoms with Crippen LogP contribution in [-0.2, 0) is 0 Å². The molecule has 88 valence electrons. The number of rotatable bonds is 3. The maximum Gasteiger partial charge on any atom is 0.144 e. The Hall–Kier alpha value is -1.55. The summed E-state index contributed by atoms with van der Waals surface area (Å²) in [5, 5.41) is 0. The number of nitrogens with zero attached hydrogens (tertiary/aromatic N) is 1. The predicted molar refractivity (Wildman–Crippen MR) is 71.8 cm³/mol. The first-order valence-corrected chi connectivity index (χ1v) is 6.09. The van der Waals surface area contributed by atoms with Crippen LogP contribution < -0.4 is 10.5 Å². The van der Waals surface area contributed by atoms with Crippen LogP contribution in [0.3, 0.4) is 0 Å². The van der Waals surface area contributed by atoms with Gasteiger partial charge in [0.15, 0.2) is 0 Å². The van der Waals surface area contributed by atoms with Crippen molar-refractivity contribution in [3.05, 3.63) is 52.8 Å². The second kappa shape index (κ2) is 5.19. The van der Waals surface area contributed by atoms with Crippen molar-refractivity contribution < 1.29 is 4.74 Å². The highest BCUT2D eigenvalue weighted by Gasteiger charge is 2.10. The minimum Gasteiger partial charge on any atom is -0.482 e. The number of nitrogens with two attached hydrogens (primary N) is 1. The molecule has 2 aromatic rings. The lowest BCUT2D eigenvalue weighted by atomic mass is 10.2. The number of aromatic nitrogens is 1. The van der Waals surface area contributed by atoms with Crippen LogP contribution in [-0.4, -0.2) is 4.98 Å². The summed E-state index contributed by atoms with van der Waals surface area (Å²) in [6, 6.07) is 11.3. The first kappa shape index (κ1) is 11.9. The van der Waals surface area contributed by atoms with Crippen molar-refractivity contribution in [1.82, 2.24) is 4.98 Å². The van der Waals surface area contributed by atoms with Crippen molar-refractivity contribution in [3.8, 4) is 5.75 Å². The van der Waals surface area contributed by atoms with Crippen LogP contribution in [0.2, 0.25) is 0 Å². The molecule has 0 aliphatic carbocycles. The van der Waals surface area contributed by atoms with Gasteiger partial charge in [-0.1, -0.05) is 22.0 Å². The second-order valence-corrected chi connectivity index (χ2v) is 4.61. The molecule has 0 saturated heterocycles. The van der Waals surface area contributed by atoms with E-state index in [9.17, 15) is 0 Å². The van der Waals surface area contributed by atoms with Crippen LogP contribution in [0, 0.1) is 0 Å². The Morgan fingerprint density at radius 3 is 2.82 bits per heavy atom. The Kier molecular flexibility index (Phi) is 3.64. The van der Waals surface area contributed by atoms with Gasteiger partial charge in [-0.25, -0.2) is 0 Å². The summed E-state index contributed by atoms with van der Waals surface area (Å²) >= 11 is 3.39. The van der Waals surface area contributed by atoms with Gasteiger partial charge in [0.2, 0.25) is 0 Å². The smallest absolute Gasteiger partial charge is 0.144 e. The maximum atomic E-state index is 5.85. The summed E-state index contributed by atoms with van der Waals surface area (Å²) in [6.07, 6.45) is 1.62. The molecule has 4 heteroatoms. The molecule has 3 nitrogen and oxygen atoms in total. The highest BCUT2D eigenvalue weighted by atomic mass is 79.9. The van der Waals surface area contributed by atoms with Crippen molar-refractivity contribution in [1.29, 1.82) is 0 Å². The highest BCUT2D eigenvalue weighted by molar-refractivity contribution is 9.10. The SMILES string of the molecule is CC(Oc1cc(Br)ccc1N)c1ccccn1. The third kappa shape index (κ3) is 2.97. The zero-order valence-electron chi connectivity index (χ0n) is 9.43. The summed E-state index contributed by atoms with van der Waals surface area (Å²) in [7, 11) is 0. The molecule has 1 aromatic carbocycles. The van der Waals surface area contributed by atoms with Crippen molar-refractivity contribution in [2.75, 3.05) is 5.73 Å². The van der Waals surface area contributed by atoms with Crippen LogP contribution in [0.5, 0.6) is 5.75 Å². The fourth-order valence-electron chi connectivity index (χ4n) is 1.48. The quantitative estimate of drug-likeness (QED) is 0.880. The Morgan fingerprint density at radius 2 is 2.12 bits per heavy atom. The van der Waals surface area contributed by atoms with Crippen LogP contribution in [0.4, 0.5) is 5.69 Å². The molecule has 0 spiro atoms. The molecular weight excluding hydrogens is 280 g/mol. The topological polar surface area (TPSA) is 48.1 Å². The Morgan fingerprint density at radius 1 is 1.29 bits per heavy atom. The number of anilines is 1. The van der Waals surface area contributed by atoms with E-state index in [4.69, 9.17) is 10.5 Å². The molecule has 1 aromatic heterocycles. The van der Waals surface area contributed by atoms with Crippen LogP contribution in [0.25, 0.3) is 0 Å². The Labute approximate surface area is 109 Å². The molecule has 2 N–H and O–H groups in total. The van der Waals surface area contributed by atoms with E-state index in [1.165, 1.54) is 0 Å². The molecule has 2 rings (SSSR count). The first-order valence-electron chi connectivity index (χ1n) is 5.29. The largest absolute Gasteiger partial charge is 0.482 e. The number of hydrogen-bond donors (Lipinski definition) is 1. The fraction of sp³-hybridized carbons (Fsp3) is 0.154. The highest BCUT2D eigenvalue weighted by Crippen LogP contribution is 2.29. The lowest BCUT2D eigenvalue weighted by Crippen LogP contribution is -2.06. The van der Waals surface area contributed by atoms with E-state index in [1.807, 2.05) is 43.3 Å². The van der Waals surface area contributed by atoms with Gasteiger partial charge in [0.05, 0.1) is 11.4 Å². The molecule has 1 atom stereocenters. The summed E-state index contributed by atoms with van der Waals surface area (Å²) in [4.78, 5) is 4.25. The van der Waals surface area contributed by atoms with E-state index >= 15 is 0 Å². The van der Waals surface area contributed by atoms with Gasteiger partial charge in [-0.3, -0.25) is 4.98 Å². The lowest BCUT2D eigenvalue weighted by Gasteiger charge is -2.15. The summed E-state index contributed by atoms with van der Waals surface area (Å²) in [5.41, 5.74) is 7.35. The van der Waals surface area contributed by atoms with Gasteiger partial charge in [-0.2, -0.15) is 0 Å². The molecule has 0 aliphatic rings. The van der Waals surface area contributed by atoms with E-state index < -0.39 is 0 Å². The number of ether oxygens (including phenoxy) is 1. The third-order valence-corrected chi connectivity index (χ3v) is 2.88. The predicted octanol–water partition coefficient (Wildman–Crippen LogP) is 3.57. The van der Waals surface area contributed by atoms with Gasteiger partial charge in [-0.05, 0) is 37.3 Å². The maximum absolute atomic E-state index is 5.85. The van der Waals surface area contributed by atoms with Gasteiger partial charge in [0.25, 0.3) is 0 Å². The van der Waals surface area contributed by atoms with Crippen molar-refractivity contribution in [3.63, 3.8) is 0 Å². The van der Waals surface area contributed by atoms with Gasteiger partial charge in [0.1, 0.15) is 11.9 Å². The van der Waals surface area contributed by atoms with Crippen LogP contribution in [0.1, 0.15) is 18.7 Å². The number of nitrogen functional groups attached to an aromatic ring is 1. The average Bonchev–Trinajstić information content (AvgIpc) is 2.35. The van der Waals surface area contributed by atoms with Crippen molar-refractivity contribution in [2.24, 2.45) is 0 Å². The molecule has 0 aliphatic heterocycles. The second-order valence-electron chi connectivity index (χ2n) is 3.70. The van der Waals surface area contributed by atoms with E-state index in [0.717, 1.165) is 10.2 Å². The molecule has 17 heavy (non-hydrogen) atoms. The third-order valence-electron chi connectivity index (χ3n) is 2.38. The van der Waals surface area contributed by atoms with Gasteiger partial charge >= 0.3 is 0 Å². The molecule has 0 amide bonds. The number of pyridine rings is 1. The Balaban J connectivity index is 2.18. The first-order chi connectivity index (χ1) is 8.16.